The van der Waals surface area contributed by atoms with Crippen LogP contribution in [0.1, 0.15) is 17.7 Å². The monoisotopic (exact) mass is 430 g/mol. The van der Waals surface area contributed by atoms with Crippen LogP contribution in [-0.2, 0) is 16.4 Å². The van der Waals surface area contributed by atoms with Crippen LogP contribution < -0.4 is 5.32 Å². The number of thioether (sulfide) groups is 1. The van der Waals surface area contributed by atoms with E-state index in [0.717, 1.165) is 16.2 Å². The van der Waals surface area contributed by atoms with E-state index >= 15 is 0 Å². The molecule has 9 heteroatoms. The van der Waals surface area contributed by atoms with Gasteiger partial charge in [-0.3, -0.25) is 0 Å². The minimum Gasteiger partial charge on any atom is -0.396 e. The summed E-state index contributed by atoms with van der Waals surface area (Å²) in [4.78, 5) is 9.67. The van der Waals surface area contributed by atoms with E-state index in [9.17, 15) is 8.42 Å². The summed E-state index contributed by atoms with van der Waals surface area (Å²) in [5.41, 5.74) is 2.61. The molecule has 0 amide bonds. The topological polar surface area (TPSA) is 95.4 Å². The van der Waals surface area contributed by atoms with Crippen molar-refractivity contribution >= 4 is 38.3 Å². The molecule has 0 bridgehead atoms. The van der Waals surface area contributed by atoms with Gasteiger partial charge in [-0.15, -0.1) is 11.8 Å². The Morgan fingerprint density at radius 3 is 2.66 bits per heavy atom. The first-order chi connectivity index (χ1) is 14.1. The lowest BCUT2D eigenvalue weighted by Crippen LogP contribution is -2.34. The van der Waals surface area contributed by atoms with Gasteiger partial charge in [0.15, 0.2) is 0 Å². The first-order valence-corrected chi connectivity index (χ1v) is 11.8. The molecule has 1 aromatic carbocycles. The fourth-order valence-electron chi connectivity index (χ4n) is 3.19. The number of rotatable bonds is 7. The van der Waals surface area contributed by atoms with E-state index in [1.807, 2.05) is 42.5 Å². The van der Waals surface area contributed by atoms with E-state index in [-0.39, 0.29) is 6.61 Å². The Bertz CT molecular complexity index is 1030. The fraction of sp³-hybridized carbons (Fsp3) is 0.300. The highest BCUT2D eigenvalue weighted by Gasteiger charge is 2.36. The molecule has 0 saturated carbocycles. The number of aromatic nitrogens is 2. The lowest BCUT2D eigenvalue weighted by molar-refractivity contribution is 0.299. The number of hydrogen-bond acceptors (Lipinski definition) is 7. The number of nitrogens with zero attached hydrogens (tertiary/aromatic N) is 3. The smallest absolute Gasteiger partial charge is 0.227 e. The molecule has 152 valence electrons. The van der Waals surface area contributed by atoms with Gasteiger partial charge < -0.3 is 10.4 Å². The molecule has 4 rings (SSSR count). The van der Waals surface area contributed by atoms with Gasteiger partial charge >= 0.3 is 0 Å². The van der Waals surface area contributed by atoms with Crippen molar-refractivity contribution in [2.75, 3.05) is 25.0 Å². The van der Waals surface area contributed by atoms with E-state index in [4.69, 9.17) is 5.11 Å². The number of aliphatic hydroxyl groups is 1. The number of benzene rings is 1. The fourth-order valence-corrected chi connectivity index (χ4v) is 6.52. The Morgan fingerprint density at radius 2 is 1.93 bits per heavy atom. The van der Waals surface area contributed by atoms with E-state index < -0.39 is 14.6 Å². The van der Waals surface area contributed by atoms with Crippen LogP contribution in [0.15, 0.2) is 54.8 Å². The molecule has 0 fully saturated rings. The summed E-state index contributed by atoms with van der Waals surface area (Å²) in [7, 11) is -3.34. The van der Waals surface area contributed by atoms with Gasteiger partial charge in [-0.25, -0.2) is 18.4 Å². The maximum atomic E-state index is 12.8. The third-order valence-electron chi connectivity index (χ3n) is 4.75. The van der Waals surface area contributed by atoms with Crippen molar-refractivity contribution in [2.45, 2.75) is 17.4 Å². The van der Waals surface area contributed by atoms with E-state index in [0.29, 0.717) is 37.6 Å². The quantitative estimate of drug-likeness (QED) is 0.652. The van der Waals surface area contributed by atoms with Crippen molar-refractivity contribution < 1.29 is 13.5 Å². The number of sulfonamides is 1. The van der Waals surface area contributed by atoms with Crippen molar-refractivity contribution in [3.05, 3.63) is 66.0 Å². The first-order valence-electron chi connectivity index (χ1n) is 9.37. The molecule has 29 heavy (non-hydrogen) atoms. The molecule has 2 aliphatic rings. The average molecular weight is 431 g/mol. The number of anilines is 2. The van der Waals surface area contributed by atoms with Crippen molar-refractivity contribution in [1.29, 1.82) is 0 Å². The zero-order valence-electron chi connectivity index (χ0n) is 15.7. The summed E-state index contributed by atoms with van der Waals surface area (Å²) >= 11 is 1.34. The average Bonchev–Trinajstić information content (AvgIpc) is 3.43. The molecule has 1 unspecified atom stereocenters. The van der Waals surface area contributed by atoms with E-state index in [1.54, 1.807) is 12.3 Å². The molecule has 1 atom stereocenters. The second kappa shape index (κ2) is 8.66. The largest absolute Gasteiger partial charge is 0.396 e. The summed E-state index contributed by atoms with van der Waals surface area (Å²) in [6.45, 7) is 1.02. The highest BCUT2D eigenvalue weighted by molar-refractivity contribution is 8.18. The molecule has 7 nitrogen and oxygen atoms in total. The molecule has 3 heterocycles. The SMILES string of the molecule is O=S(=O)(C1CC=C(c2ccnc(Nc3ccc(CCO)cc3)n2)S1)N1CC=CC1. The third kappa shape index (κ3) is 4.53. The molecule has 0 radical (unpaired) electrons. The molecule has 1 aromatic heterocycles. The van der Waals surface area contributed by atoms with Crippen LogP contribution in [0, 0.1) is 0 Å². The summed E-state index contributed by atoms with van der Waals surface area (Å²) < 4.78 is 26.5. The highest BCUT2D eigenvalue weighted by atomic mass is 32.3. The van der Waals surface area contributed by atoms with Crippen molar-refractivity contribution in [3.63, 3.8) is 0 Å². The Labute approximate surface area is 174 Å². The summed E-state index contributed by atoms with van der Waals surface area (Å²) in [6, 6.07) is 9.51. The zero-order chi connectivity index (χ0) is 20.3. The van der Waals surface area contributed by atoms with Crippen molar-refractivity contribution in [1.82, 2.24) is 14.3 Å². The molecule has 2 aromatic rings. The Kier molecular flexibility index (Phi) is 6.00. The Morgan fingerprint density at radius 1 is 1.17 bits per heavy atom. The minimum atomic E-state index is -3.34. The van der Waals surface area contributed by atoms with Crippen LogP contribution in [0.5, 0.6) is 0 Å². The van der Waals surface area contributed by atoms with Crippen LogP contribution in [0.3, 0.4) is 0 Å². The predicted octanol–water partition coefficient (Wildman–Crippen LogP) is 2.76. The Balaban J connectivity index is 1.44. The summed E-state index contributed by atoms with van der Waals surface area (Å²) in [5.74, 6) is 0.453. The maximum absolute atomic E-state index is 12.8. The molecule has 2 aliphatic heterocycles. The number of nitrogens with one attached hydrogen (secondary N) is 1. The van der Waals surface area contributed by atoms with Crippen LogP contribution in [-0.4, -0.2) is 52.1 Å². The van der Waals surface area contributed by atoms with E-state index in [1.165, 1.54) is 16.1 Å². The molecular weight excluding hydrogens is 408 g/mol. The lowest BCUT2D eigenvalue weighted by Gasteiger charge is -2.20. The standard InChI is InChI=1S/C20H22N4O3S2/c25-14-10-15-3-5-16(6-4-15)22-20-21-11-9-17(23-20)18-7-8-19(28-18)29(26,27)24-12-1-2-13-24/h1-7,9,11,19,25H,8,10,12-14H2,(H,21,22,23). The molecule has 0 aliphatic carbocycles. The first kappa shape index (κ1) is 20.1. The van der Waals surface area contributed by atoms with Crippen LogP contribution in [0.4, 0.5) is 11.6 Å². The predicted molar refractivity (Wildman–Crippen MR) is 116 cm³/mol. The number of hydrogen-bond donors (Lipinski definition) is 2. The van der Waals surface area contributed by atoms with Gasteiger partial charge in [0.05, 0.1) is 5.69 Å². The Hall–Kier alpha value is -2.20. The number of allylic oxidation sites excluding steroid dienone is 1. The summed E-state index contributed by atoms with van der Waals surface area (Å²) in [6.07, 6.45) is 8.45. The number of aliphatic hydroxyl groups excluding tert-OH is 1. The van der Waals surface area contributed by atoms with Crippen LogP contribution >= 0.6 is 11.8 Å². The highest BCUT2D eigenvalue weighted by Crippen LogP contribution is 2.42. The molecule has 0 spiro atoms. The van der Waals surface area contributed by atoms with Gasteiger partial charge in [-0.05, 0) is 36.6 Å². The minimum absolute atomic E-state index is 0.121. The molecule has 0 saturated heterocycles. The maximum Gasteiger partial charge on any atom is 0.227 e. The van der Waals surface area contributed by atoms with Gasteiger partial charge in [0, 0.05) is 36.5 Å². The second-order valence-electron chi connectivity index (χ2n) is 6.75. The van der Waals surface area contributed by atoms with Gasteiger partial charge in [0.25, 0.3) is 0 Å². The normalized spacial score (nSPS) is 19.5. The summed E-state index contributed by atoms with van der Waals surface area (Å²) in [5, 5.41) is 12.2. The molecular formula is C20H22N4O3S2. The van der Waals surface area contributed by atoms with Gasteiger partial charge in [0.1, 0.15) is 4.58 Å². The van der Waals surface area contributed by atoms with E-state index in [2.05, 4.69) is 15.3 Å². The van der Waals surface area contributed by atoms with Crippen LogP contribution in [0.2, 0.25) is 0 Å². The van der Waals surface area contributed by atoms with Gasteiger partial charge in [0.2, 0.25) is 16.0 Å². The lowest BCUT2D eigenvalue weighted by atomic mass is 10.1. The zero-order valence-corrected chi connectivity index (χ0v) is 17.4. The second-order valence-corrected chi connectivity index (χ2v) is 10.4. The van der Waals surface area contributed by atoms with Crippen molar-refractivity contribution in [3.8, 4) is 0 Å². The van der Waals surface area contributed by atoms with Gasteiger partial charge in [-0.1, -0.05) is 30.4 Å². The third-order valence-corrected chi connectivity index (χ3v) is 8.73. The van der Waals surface area contributed by atoms with Gasteiger partial charge in [-0.2, -0.15) is 4.31 Å². The van der Waals surface area contributed by atoms with Crippen molar-refractivity contribution in [2.24, 2.45) is 0 Å². The van der Waals surface area contributed by atoms with Crippen LogP contribution in [0.25, 0.3) is 4.91 Å². The molecule has 2 N–H and O–H groups in total.